The molecule has 5 rings (SSSR count). The summed E-state index contributed by atoms with van der Waals surface area (Å²) in [5.74, 6) is 2.15. The highest BCUT2D eigenvalue weighted by Crippen LogP contribution is 2.20. The third-order valence-electron chi connectivity index (χ3n) is 4.85. The molecule has 1 fully saturated rings. The molecule has 0 bridgehead atoms. The van der Waals surface area contributed by atoms with E-state index in [-0.39, 0.29) is 5.95 Å². The Morgan fingerprint density at radius 1 is 1.07 bits per heavy atom. The van der Waals surface area contributed by atoms with Gasteiger partial charge in [-0.3, -0.25) is 4.90 Å². The standard InChI is InChI=1S/C18H18ClN9O/c19-14-12(3-1-5-21-14)11-26-6-8-27(9-7-26)17-23-16(20)28-18(24-17)22-15(25-28)13-4-2-10-29-13/h1-5,10H,6-9,11H2,(H2,20,22,23,24,25). The fraction of sp³-hybridized carbons (Fsp3) is 0.278. The molecular formula is C18H18ClN9O. The highest BCUT2D eigenvalue weighted by Gasteiger charge is 2.22. The first-order valence-electron chi connectivity index (χ1n) is 9.18. The molecule has 0 aromatic carbocycles. The van der Waals surface area contributed by atoms with Crippen molar-refractivity contribution in [2.75, 3.05) is 36.8 Å². The van der Waals surface area contributed by atoms with Gasteiger partial charge in [-0.1, -0.05) is 17.7 Å². The van der Waals surface area contributed by atoms with Gasteiger partial charge in [-0.2, -0.15) is 19.5 Å². The number of nitrogen functional groups attached to an aromatic ring is 1. The van der Waals surface area contributed by atoms with Crippen molar-refractivity contribution in [1.29, 1.82) is 0 Å². The van der Waals surface area contributed by atoms with Gasteiger partial charge in [0.25, 0.3) is 5.78 Å². The molecular weight excluding hydrogens is 394 g/mol. The Labute approximate surface area is 171 Å². The topological polar surface area (TPSA) is 114 Å². The molecule has 0 spiro atoms. The maximum atomic E-state index is 6.18. The number of nitrogens with two attached hydrogens (primary N) is 1. The van der Waals surface area contributed by atoms with E-state index in [2.05, 4.69) is 34.8 Å². The first-order valence-corrected chi connectivity index (χ1v) is 9.56. The average molecular weight is 412 g/mol. The van der Waals surface area contributed by atoms with Gasteiger partial charge in [0.15, 0.2) is 5.76 Å². The molecule has 29 heavy (non-hydrogen) atoms. The first kappa shape index (κ1) is 17.8. The van der Waals surface area contributed by atoms with Crippen molar-refractivity contribution in [1.82, 2.24) is 34.4 Å². The molecule has 1 aliphatic rings. The van der Waals surface area contributed by atoms with Crippen molar-refractivity contribution >= 4 is 29.3 Å². The lowest BCUT2D eigenvalue weighted by molar-refractivity contribution is 0.248. The van der Waals surface area contributed by atoms with Crippen LogP contribution >= 0.6 is 11.6 Å². The van der Waals surface area contributed by atoms with E-state index in [9.17, 15) is 0 Å². The zero-order valence-corrected chi connectivity index (χ0v) is 16.2. The van der Waals surface area contributed by atoms with Crippen molar-refractivity contribution in [2.45, 2.75) is 6.54 Å². The summed E-state index contributed by atoms with van der Waals surface area (Å²) in [6, 6.07) is 7.47. The van der Waals surface area contributed by atoms with Crippen LogP contribution < -0.4 is 10.6 Å². The summed E-state index contributed by atoms with van der Waals surface area (Å²) >= 11 is 6.18. The summed E-state index contributed by atoms with van der Waals surface area (Å²) in [6.07, 6.45) is 3.27. The van der Waals surface area contributed by atoms with Crippen LogP contribution in [0.15, 0.2) is 41.1 Å². The van der Waals surface area contributed by atoms with Crippen molar-refractivity contribution in [3.8, 4) is 11.6 Å². The number of anilines is 2. The molecule has 0 amide bonds. The Hall–Kier alpha value is -3.24. The fourth-order valence-corrected chi connectivity index (χ4v) is 3.51. The predicted molar refractivity (Wildman–Crippen MR) is 107 cm³/mol. The molecule has 0 radical (unpaired) electrons. The second-order valence-corrected chi connectivity index (χ2v) is 7.08. The average Bonchev–Trinajstić information content (AvgIpc) is 3.40. The van der Waals surface area contributed by atoms with Crippen LogP contribution in [0.3, 0.4) is 0 Å². The molecule has 4 aromatic heterocycles. The van der Waals surface area contributed by atoms with Crippen LogP contribution in [-0.2, 0) is 6.54 Å². The Morgan fingerprint density at radius 3 is 2.69 bits per heavy atom. The zero-order chi connectivity index (χ0) is 19.8. The van der Waals surface area contributed by atoms with E-state index < -0.39 is 0 Å². The number of furan rings is 1. The van der Waals surface area contributed by atoms with Crippen molar-refractivity contribution in [2.24, 2.45) is 0 Å². The molecule has 11 heteroatoms. The minimum atomic E-state index is 0.236. The Morgan fingerprint density at radius 2 is 1.93 bits per heavy atom. The van der Waals surface area contributed by atoms with Crippen LogP contribution in [0.2, 0.25) is 5.15 Å². The number of nitrogens with zero attached hydrogens (tertiary/aromatic N) is 8. The third-order valence-corrected chi connectivity index (χ3v) is 5.19. The molecule has 148 valence electrons. The predicted octanol–water partition coefficient (Wildman–Crippen LogP) is 1.73. The summed E-state index contributed by atoms with van der Waals surface area (Å²) in [7, 11) is 0. The third kappa shape index (κ3) is 3.47. The molecule has 1 saturated heterocycles. The second-order valence-electron chi connectivity index (χ2n) is 6.72. The van der Waals surface area contributed by atoms with Crippen LogP contribution in [0.1, 0.15) is 5.56 Å². The van der Waals surface area contributed by atoms with Gasteiger partial charge in [-0.15, -0.1) is 5.10 Å². The number of hydrogen-bond donors (Lipinski definition) is 1. The van der Waals surface area contributed by atoms with E-state index >= 15 is 0 Å². The first-order chi connectivity index (χ1) is 14.2. The SMILES string of the molecule is Nc1nc(N2CCN(Cc3cccnc3Cl)CC2)nc2nc(-c3ccco3)nn12. The summed E-state index contributed by atoms with van der Waals surface area (Å²) in [4.78, 5) is 21.9. The lowest BCUT2D eigenvalue weighted by atomic mass is 10.2. The van der Waals surface area contributed by atoms with Gasteiger partial charge in [0.2, 0.25) is 17.7 Å². The highest BCUT2D eigenvalue weighted by atomic mass is 35.5. The second kappa shape index (κ2) is 7.30. The minimum absolute atomic E-state index is 0.236. The number of rotatable bonds is 4. The van der Waals surface area contributed by atoms with Crippen molar-refractivity contribution in [3.05, 3.63) is 47.4 Å². The quantitative estimate of drug-likeness (QED) is 0.501. The van der Waals surface area contributed by atoms with Crippen LogP contribution in [0.4, 0.5) is 11.9 Å². The summed E-state index contributed by atoms with van der Waals surface area (Å²) in [5, 5.41) is 4.88. The van der Waals surface area contributed by atoms with Crippen LogP contribution in [0.25, 0.3) is 17.4 Å². The van der Waals surface area contributed by atoms with Crippen molar-refractivity contribution in [3.63, 3.8) is 0 Å². The molecule has 10 nitrogen and oxygen atoms in total. The van der Waals surface area contributed by atoms with Crippen molar-refractivity contribution < 1.29 is 4.42 Å². The minimum Gasteiger partial charge on any atom is -0.461 e. The number of piperazine rings is 1. The molecule has 5 heterocycles. The van der Waals surface area contributed by atoms with Crippen LogP contribution in [0.5, 0.6) is 0 Å². The molecule has 0 atom stereocenters. The van der Waals surface area contributed by atoms with E-state index in [4.69, 9.17) is 21.8 Å². The number of fused-ring (bicyclic) bond motifs is 1. The van der Waals surface area contributed by atoms with Gasteiger partial charge in [-0.05, 0) is 18.2 Å². The molecule has 1 aliphatic heterocycles. The highest BCUT2D eigenvalue weighted by molar-refractivity contribution is 6.30. The maximum Gasteiger partial charge on any atom is 0.259 e. The van der Waals surface area contributed by atoms with E-state index in [0.29, 0.717) is 28.5 Å². The van der Waals surface area contributed by atoms with Gasteiger partial charge < -0.3 is 15.1 Å². The summed E-state index contributed by atoms with van der Waals surface area (Å²) in [6.45, 7) is 4.01. The van der Waals surface area contributed by atoms with Gasteiger partial charge in [0.05, 0.1) is 6.26 Å². The summed E-state index contributed by atoms with van der Waals surface area (Å²) < 4.78 is 6.77. The number of pyridine rings is 1. The smallest absolute Gasteiger partial charge is 0.259 e. The normalized spacial score (nSPS) is 15.3. The van der Waals surface area contributed by atoms with E-state index in [1.54, 1.807) is 24.6 Å². The maximum absolute atomic E-state index is 6.18. The van der Waals surface area contributed by atoms with E-state index in [1.165, 1.54) is 4.52 Å². The number of aromatic nitrogens is 6. The zero-order valence-electron chi connectivity index (χ0n) is 15.4. The lowest BCUT2D eigenvalue weighted by Gasteiger charge is -2.34. The monoisotopic (exact) mass is 411 g/mol. The van der Waals surface area contributed by atoms with Gasteiger partial charge in [-0.25, -0.2) is 4.98 Å². The fourth-order valence-electron chi connectivity index (χ4n) is 3.33. The van der Waals surface area contributed by atoms with E-state index in [0.717, 1.165) is 38.3 Å². The molecule has 0 aliphatic carbocycles. The van der Waals surface area contributed by atoms with Crippen LogP contribution in [-0.4, -0.2) is 60.6 Å². The Kier molecular flexibility index (Phi) is 4.49. The van der Waals surface area contributed by atoms with Crippen LogP contribution in [0, 0.1) is 0 Å². The number of hydrogen-bond acceptors (Lipinski definition) is 9. The van der Waals surface area contributed by atoms with Gasteiger partial charge in [0.1, 0.15) is 5.15 Å². The molecule has 0 unspecified atom stereocenters. The largest absolute Gasteiger partial charge is 0.461 e. The summed E-state index contributed by atoms with van der Waals surface area (Å²) in [5.41, 5.74) is 7.12. The molecule has 2 N–H and O–H groups in total. The lowest BCUT2D eigenvalue weighted by Crippen LogP contribution is -2.46. The van der Waals surface area contributed by atoms with Gasteiger partial charge >= 0.3 is 0 Å². The van der Waals surface area contributed by atoms with Gasteiger partial charge in [0, 0.05) is 44.5 Å². The Balaban J connectivity index is 1.32. The number of halogens is 1. The Bertz CT molecular complexity index is 1140. The van der Waals surface area contributed by atoms with E-state index in [1.807, 2.05) is 12.1 Å². The molecule has 4 aromatic rings. The molecule has 0 saturated carbocycles.